The van der Waals surface area contributed by atoms with Gasteiger partial charge in [-0.25, -0.2) is 0 Å². The maximum absolute atomic E-state index is 12.5. The molecule has 26 heavy (non-hydrogen) atoms. The van der Waals surface area contributed by atoms with E-state index in [2.05, 4.69) is 21.4 Å². The predicted octanol–water partition coefficient (Wildman–Crippen LogP) is 4.19. The van der Waals surface area contributed by atoms with E-state index < -0.39 is 0 Å². The molecule has 1 aromatic heterocycles. The average molecular weight is 347 g/mol. The topological polar surface area (TPSA) is 58.4 Å². The predicted molar refractivity (Wildman–Crippen MR) is 101 cm³/mol. The van der Waals surface area contributed by atoms with Crippen LogP contribution in [-0.4, -0.2) is 29.1 Å². The third-order valence-electron chi connectivity index (χ3n) is 4.59. The molecule has 0 spiro atoms. The molecule has 0 unspecified atom stereocenters. The first-order valence-corrected chi connectivity index (χ1v) is 8.93. The van der Waals surface area contributed by atoms with Crippen molar-refractivity contribution in [1.82, 2.24) is 10.1 Å². The van der Waals surface area contributed by atoms with Gasteiger partial charge in [-0.05, 0) is 43.6 Å². The van der Waals surface area contributed by atoms with Crippen molar-refractivity contribution in [2.75, 3.05) is 18.4 Å². The van der Waals surface area contributed by atoms with Gasteiger partial charge in [-0.3, -0.25) is 9.69 Å². The summed E-state index contributed by atoms with van der Waals surface area (Å²) in [4.78, 5) is 14.9. The number of aromatic nitrogens is 1. The van der Waals surface area contributed by atoms with E-state index >= 15 is 0 Å². The van der Waals surface area contributed by atoms with Crippen LogP contribution in [0.15, 0.2) is 65.2 Å². The lowest BCUT2D eigenvalue weighted by Crippen LogP contribution is -2.18. The van der Waals surface area contributed by atoms with E-state index in [9.17, 15) is 4.79 Å². The number of rotatable bonds is 5. The number of hydrogen-bond acceptors (Lipinski definition) is 4. The molecular weight excluding hydrogens is 326 g/mol. The van der Waals surface area contributed by atoms with E-state index in [4.69, 9.17) is 4.52 Å². The minimum Gasteiger partial charge on any atom is -0.350 e. The summed E-state index contributed by atoms with van der Waals surface area (Å²) >= 11 is 0. The summed E-state index contributed by atoms with van der Waals surface area (Å²) in [5.41, 5.74) is 3.54. The number of benzene rings is 2. The Bertz CT molecular complexity index is 883. The van der Waals surface area contributed by atoms with Gasteiger partial charge < -0.3 is 9.84 Å². The van der Waals surface area contributed by atoms with Crippen LogP contribution in [0, 0.1) is 0 Å². The number of likely N-dealkylation sites (tertiary alicyclic amines) is 1. The van der Waals surface area contributed by atoms with Crippen LogP contribution in [0.2, 0.25) is 0 Å². The second-order valence-corrected chi connectivity index (χ2v) is 6.58. The molecule has 1 aliphatic heterocycles. The minimum absolute atomic E-state index is 0.203. The Hall–Kier alpha value is -2.92. The Morgan fingerprint density at radius 3 is 2.65 bits per heavy atom. The molecule has 5 heteroatoms. The van der Waals surface area contributed by atoms with Gasteiger partial charge in [0.2, 0.25) is 5.76 Å². The van der Waals surface area contributed by atoms with Gasteiger partial charge in [-0.2, -0.15) is 0 Å². The third-order valence-corrected chi connectivity index (χ3v) is 4.59. The summed E-state index contributed by atoms with van der Waals surface area (Å²) in [7, 11) is 0. The molecule has 1 N–H and O–H groups in total. The van der Waals surface area contributed by atoms with Crippen LogP contribution in [0.4, 0.5) is 5.69 Å². The highest BCUT2D eigenvalue weighted by Gasteiger charge is 2.15. The number of carbonyl (C=O) groups excluding carboxylic acids is 1. The molecule has 1 amide bonds. The number of hydrogen-bond donors (Lipinski definition) is 1. The molecule has 0 radical (unpaired) electrons. The highest BCUT2D eigenvalue weighted by molar-refractivity contribution is 6.02. The van der Waals surface area contributed by atoms with Gasteiger partial charge in [0.05, 0.1) is 0 Å². The zero-order chi connectivity index (χ0) is 17.8. The summed E-state index contributed by atoms with van der Waals surface area (Å²) in [5, 5.41) is 6.89. The molecule has 0 saturated carbocycles. The highest BCUT2D eigenvalue weighted by Crippen LogP contribution is 2.20. The molecule has 0 bridgehead atoms. The van der Waals surface area contributed by atoms with Crippen molar-refractivity contribution in [2.45, 2.75) is 19.4 Å². The largest absolute Gasteiger partial charge is 0.350 e. The fraction of sp³-hybridized carbons (Fsp3) is 0.238. The Labute approximate surface area is 152 Å². The zero-order valence-electron chi connectivity index (χ0n) is 14.5. The van der Waals surface area contributed by atoms with Crippen molar-refractivity contribution in [3.63, 3.8) is 0 Å². The first kappa shape index (κ1) is 16.5. The van der Waals surface area contributed by atoms with Crippen molar-refractivity contribution in [2.24, 2.45) is 0 Å². The maximum Gasteiger partial charge on any atom is 0.294 e. The SMILES string of the molecule is O=C(Nc1cccc(CN2CCCC2)c1)c1cc(-c2ccccc2)no1. The molecule has 5 nitrogen and oxygen atoms in total. The molecular formula is C21H21N3O2. The van der Waals surface area contributed by atoms with E-state index in [-0.39, 0.29) is 11.7 Å². The van der Waals surface area contributed by atoms with Gasteiger partial charge in [0.15, 0.2) is 0 Å². The fourth-order valence-electron chi connectivity index (χ4n) is 3.27. The van der Waals surface area contributed by atoms with E-state index in [0.717, 1.165) is 30.9 Å². The van der Waals surface area contributed by atoms with Crippen LogP contribution in [0.3, 0.4) is 0 Å². The van der Waals surface area contributed by atoms with Gasteiger partial charge in [0, 0.05) is 23.9 Å². The van der Waals surface area contributed by atoms with Gasteiger partial charge in [-0.1, -0.05) is 47.6 Å². The first-order chi connectivity index (χ1) is 12.8. The molecule has 132 valence electrons. The molecule has 1 saturated heterocycles. The number of nitrogens with zero attached hydrogens (tertiary/aromatic N) is 2. The van der Waals surface area contributed by atoms with E-state index in [1.807, 2.05) is 48.5 Å². The summed E-state index contributed by atoms with van der Waals surface area (Å²) < 4.78 is 5.22. The monoisotopic (exact) mass is 347 g/mol. The summed E-state index contributed by atoms with van der Waals surface area (Å²) in [6.45, 7) is 3.22. The Balaban J connectivity index is 1.44. The summed E-state index contributed by atoms with van der Waals surface area (Å²) in [5.74, 6) is -0.0909. The molecule has 1 fully saturated rings. The fourth-order valence-corrected chi connectivity index (χ4v) is 3.27. The van der Waals surface area contributed by atoms with Crippen LogP contribution < -0.4 is 5.32 Å². The van der Waals surface area contributed by atoms with Gasteiger partial charge >= 0.3 is 0 Å². The van der Waals surface area contributed by atoms with E-state index in [0.29, 0.717) is 5.69 Å². The van der Waals surface area contributed by atoms with Crippen molar-refractivity contribution in [1.29, 1.82) is 0 Å². The minimum atomic E-state index is -0.294. The molecule has 0 aliphatic carbocycles. The lowest BCUT2D eigenvalue weighted by atomic mass is 10.1. The number of nitrogens with one attached hydrogen (secondary N) is 1. The van der Waals surface area contributed by atoms with Crippen molar-refractivity contribution >= 4 is 11.6 Å². The second kappa shape index (κ2) is 7.54. The van der Waals surface area contributed by atoms with E-state index in [1.165, 1.54) is 18.4 Å². The zero-order valence-corrected chi connectivity index (χ0v) is 14.5. The van der Waals surface area contributed by atoms with Crippen molar-refractivity contribution < 1.29 is 9.32 Å². The number of anilines is 1. The second-order valence-electron chi connectivity index (χ2n) is 6.58. The maximum atomic E-state index is 12.5. The van der Waals surface area contributed by atoms with Crippen LogP contribution in [-0.2, 0) is 6.54 Å². The Kier molecular flexibility index (Phi) is 4.80. The van der Waals surface area contributed by atoms with Crippen molar-refractivity contribution in [3.8, 4) is 11.3 Å². The van der Waals surface area contributed by atoms with Crippen LogP contribution >= 0.6 is 0 Å². The molecule has 4 rings (SSSR count). The first-order valence-electron chi connectivity index (χ1n) is 8.93. The van der Waals surface area contributed by atoms with Crippen LogP contribution in [0.5, 0.6) is 0 Å². The smallest absolute Gasteiger partial charge is 0.294 e. The summed E-state index contributed by atoms with van der Waals surface area (Å²) in [6, 6.07) is 19.3. The van der Waals surface area contributed by atoms with Gasteiger partial charge in [0.1, 0.15) is 5.69 Å². The highest BCUT2D eigenvalue weighted by atomic mass is 16.5. The molecule has 0 atom stereocenters. The third kappa shape index (κ3) is 3.83. The average Bonchev–Trinajstić information content (AvgIpc) is 3.35. The molecule has 1 aliphatic rings. The molecule has 2 aromatic carbocycles. The van der Waals surface area contributed by atoms with E-state index in [1.54, 1.807) is 6.07 Å². The van der Waals surface area contributed by atoms with Crippen LogP contribution in [0.25, 0.3) is 11.3 Å². The lowest BCUT2D eigenvalue weighted by molar-refractivity contribution is 0.0988. The van der Waals surface area contributed by atoms with Crippen LogP contribution in [0.1, 0.15) is 29.0 Å². The quantitative estimate of drug-likeness (QED) is 0.752. The Morgan fingerprint density at radius 2 is 1.85 bits per heavy atom. The Morgan fingerprint density at radius 1 is 1.04 bits per heavy atom. The number of amides is 1. The van der Waals surface area contributed by atoms with Gasteiger partial charge in [0.25, 0.3) is 5.91 Å². The molecule has 2 heterocycles. The lowest BCUT2D eigenvalue weighted by Gasteiger charge is -2.15. The summed E-state index contributed by atoms with van der Waals surface area (Å²) in [6.07, 6.45) is 2.54. The van der Waals surface area contributed by atoms with Crippen molar-refractivity contribution in [3.05, 3.63) is 72.0 Å². The standard InChI is InChI=1S/C21H21N3O2/c25-21(20-14-19(23-26-20)17-8-2-1-3-9-17)22-18-10-6-7-16(13-18)15-24-11-4-5-12-24/h1-3,6-10,13-14H,4-5,11-12,15H2,(H,22,25). The number of carbonyl (C=O) groups is 1. The molecule has 3 aromatic rings. The normalized spacial score (nSPS) is 14.5. The van der Waals surface area contributed by atoms with Gasteiger partial charge in [-0.15, -0.1) is 0 Å².